The topological polar surface area (TPSA) is 50.4 Å². The predicted molar refractivity (Wildman–Crippen MR) is 40.6 cm³/mol. The van der Waals surface area contributed by atoms with Crippen LogP contribution in [0.4, 0.5) is 13.2 Å². The molecule has 1 aliphatic rings. The zero-order valence-electron chi connectivity index (χ0n) is 7.36. The summed E-state index contributed by atoms with van der Waals surface area (Å²) in [7, 11) is 0. The average Bonchev–Trinajstić information content (AvgIpc) is 1.98. The van der Waals surface area contributed by atoms with Crippen molar-refractivity contribution in [2.24, 2.45) is 5.92 Å². The fraction of sp³-hybridized carbons (Fsp3) is 0.857. The molecule has 0 aromatic carbocycles. The molecule has 14 heavy (non-hydrogen) atoms. The van der Waals surface area contributed by atoms with Crippen LogP contribution in [0.1, 0.15) is 19.3 Å². The number of nitrogens with one attached hydrogen (secondary N) is 2. The summed E-state index contributed by atoms with van der Waals surface area (Å²) in [5.74, 6) is -1.79. The average molecular weight is 212 g/mol. The van der Waals surface area contributed by atoms with Crippen LogP contribution in [0.15, 0.2) is 0 Å². The van der Waals surface area contributed by atoms with Crippen LogP contribution in [0.25, 0.3) is 0 Å². The Morgan fingerprint density at radius 2 is 2.07 bits per heavy atom. The number of hydrazine groups is 1. The fourth-order valence-corrected chi connectivity index (χ4v) is 1.02. The van der Waals surface area contributed by atoms with E-state index in [1.165, 1.54) is 0 Å². The van der Waals surface area contributed by atoms with Gasteiger partial charge in [0.1, 0.15) is 0 Å². The van der Waals surface area contributed by atoms with Gasteiger partial charge in [-0.2, -0.15) is 13.2 Å². The lowest BCUT2D eigenvalue weighted by atomic mass is 9.86. The van der Waals surface area contributed by atoms with Crippen molar-refractivity contribution < 1.29 is 22.8 Å². The van der Waals surface area contributed by atoms with Gasteiger partial charge in [-0.3, -0.25) is 0 Å². The molecule has 1 rings (SSSR count). The normalized spacial score (nSPS) is 17.6. The van der Waals surface area contributed by atoms with E-state index in [-0.39, 0.29) is 0 Å². The second kappa shape index (κ2) is 4.61. The largest absolute Gasteiger partial charge is 0.492 e. The van der Waals surface area contributed by atoms with Gasteiger partial charge in [0.25, 0.3) is 0 Å². The van der Waals surface area contributed by atoms with Crippen LogP contribution in [-0.2, 0) is 9.63 Å². The van der Waals surface area contributed by atoms with E-state index in [9.17, 15) is 18.0 Å². The van der Waals surface area contributed by atoms with Gasteiger partial charge in [-0.1, -0.05) is 12.0 Å². The molecule has 0 heterocycles. The van der Waals surface area contributed by atoms with Gasteiger partial charge in [-0.25, -0.2) is 10.2 Å². The number of carbonyl (C=O) groups is 1. The first-order valence-electron chi connectivity index (χ1n) is 4.26. The molecule has 1 aliphatic carbocycles. The molecule has 0 radical (unpaired) electrons. The molecule has 0 spiro atoms. The summed E-state index contributed by atoms with van der Waals surface area (Å²) in [4.78, 5) is 13.8. The van der Waals surface area contributed by atoms with Gasteiger partial charge in [0.05, 0.1) is 0 Å². The minimum atomic E-state index is -4.95. The third-order valence-corrected chi connectivity index (χ3v) is 2.06. The molecular formula is C7H11F3N2O2. The standard InChI is InChI=1S/C7H11F3N2O2/c8-7(9,10)6(13)14-12-11-4-5-2-1-3-5/h5,11-12H,1-4H2. The molecular weight excluding hydrogens is 201 g/mol. The Balaban J connectivity index is 2.00. The first-order valence-corrected chi connectivity index (χ1v) is 4.26. The highest BCUT2D eigenvalue weighted by molar-refractivity contribution is 5.75. The summed E-state index contributed by atoms with van der Waals surface area (Å²) in [5.41, 5.74) is 4.17. The summed E-state index contributed by atoms with van der Waals surface area (Å²) < 4.78 is 34.7. The zero-order chi connectivity index (χ0) is 10.6. The van der Waals surface area contributed by atoms with Gasteiger partial charge in [0.2, 0.25) is 0 Å². The van der Waals surface area contributed by atoms with Crippen LogP contribution < -0.4 is 11.0 Å². The summed E-state index contributed by atoms with van der Waals surface area (Å²) in [6, 6.07) is 0. The van der Waals surface area contributed by atoms with E-state index in [1.807, 2.05) is 0 Å². The van der Waals surface area contributed by atoms with Crippen molar-refractivity contribution >= 4 is 5.97 Å². The Hall–Kier alpha value is -0.820. The summed E-state index contributed by atoms with van der Waals surface area (Å²) in [6.45, 7) is 0.505. The highest BCUT2D eigenvalue weighted by atomic mass is 19.4. The number of carbonyl (C=O) groups excluding carboxylic acids is 1. The van der Waals surface area contributed by atoms with Gasteiger partial charge >= 0.3 is 12.1 Å². The van der Waals surface area contributed by atoms with Crippen molar-refractivity contribution in [3.8, 4) is 0 Å². The van der Waals surface area contributed by atoms with Crippen molar-refractivity contribution in [3.05, 3.63) is 0 Å². The van der Waals surface area contributed by atoms with Crippen molar-refractivity contribution in [1.29, 1.82) is 0 Å². The number of rotatable bonds is 4. The fourth-order valence-electron chi connectivity index (χ4n) is 1.02. The Morgan fingerprint density at radius 3 is 2.50 bits per heavy atom. The van der Waals surface area contributed by atoms with Crippen molar-refractivity contribution in [1.82, 2.24) is 11.0 Å². The highest BCUT2D eigenvalue weighted by Gasteiger charge is 2.41. The molecule has 0 amide bonds. The predicted octanol–water partition coefficient (Wildman–Crippen LogP) is 0.901. The van der Waals surface area contributed by atoms with Crippen molar-refractivity contribution in [2.45, 2.75) is 25.4 Å². The van der Waals surface area contributed by atoms with Gasteiger partial charge in [0.15, 0.2) is 0 Å². The van der Waals surface area contributed by atoms with E-state index in [1.54, 1.807) is 5.59 Å². The molecule has 7 heteroatoms. The van der Waals surface area contributed by atoms with E-state index in [0.717, 1.165) is 19.3 Å². The molecule has 0 aromatic heterocycles. The van der Waals surface area contributed by atoms with Crippen LogP contribution in [0.2, 0.25) is 0 Å². The third kappa shape index (κ3) is 3.51. The Kier molecular flexibility index (Phi) is 3.70. The summed E-state index contributed by atoms with van der Waals surface area (Å²) >= 11 is 0. The van der Waals surface area contributed by atoms with E-state index in [4.69, 9.17) is 0 Å². The maximum Gasteiger partial charge on any atom is 0.492 e. The van der Waals surface area contributed by atoms with Crippen LogP contribution in [-0.4, -0.2) is 18.7 Å². The van der Waals surface area contributed by atoms with Crippen LogP contribution in [0.5, 0.6) is 0 Å². The maximum atomic E-state index is 11.6. The quantitative estimate of drug-likeness (QED) is 0.537. The Morgan fingerprint density at radius 1 is 1.43 bits per heavy atom. The lowest BCUT2D eigenvalue weighted by molar-refractivity contribution is -0.209. The maximum absolute atomic E-state index is 11.6. The minimum Gasteiger partial charge on any atom is -0.348 e. The molecule has 2 N–H and O–H groups in total. The van der Waals surface area contributed by atoms with Gasteiger partial charge in [-0.05, 0) is 18.8 Å². The zero-order valence-corrected chi connectivity index (χ0v) is 7.36. The first-order chi connectivity index (χ1) is 6.50. The summed E-state index contributed by atoms with van der Waals surface area (Å²) in [6.07, 6.45) is -1.69. The van der Waals surface area contributed by atoms with E-state index in [0.29, 0.717) is 12.5 Å². The van der Waals surface area contributed by atoms with Crippen LogP contribution >= 0.6 is 0 Å². The first kappa shape index (κ1) is 11.3. The van der Waals surface area contributed by atoms with Gasteiger partial charge in [-0.15, -0.1) is 0 Å². The Bertz CT molecular complexity index is 204. The van der Waals surface area contributed by atoms with E-state index < -0.39 is 12.1 Å². The lowest BCUT2D eigenvalue weighted by Gasteiger charge is -2.25. The smallest absolute Gasteiger partial charge is 0.348 e. The van der Waals surface area contributed by atoms with Crippen molar-refractivity contribution in [3.63, 3.8) is 0 Å². The monoisotopic (exact) mass is 212 g/mol. The molecule has 1 fully saturated rings. The minimum absolute atomic E-state index is 0.465. The van der Waals surface area contributed by atoms with Crippen LogP contribution in [0.3, 0.4) is 0 Å². The molecule has 0 saturated heterocycles. The number of halogens is 3. The number of hydrogen-bond acceptors (Lipinski definition) is 4. The molecule has 82 valence electrons. The molecule has 0 aliphatic heterocycles. The number of alkyl halides is 3. The molecule has 0 bridgehead atoms. The Labute approximate surface area is 78.7 Å². The van der Waals surface area contributed by atoms with Gasteiger partial charge in [0, 0.05) is 6.54 Å². The molecule has 4 nitrogen and oxygen atoms in total. The number of hydrogen-bond donors (Lipinski definition) is 2. The molecule has 0 aromatic rings. The van der Waals surface area contributed by atoms with E-state index >= 15 is 0 Å². The van der Waals surface area contributed by atoms with Gasteiger partial charge < -0.3 is 4.84 Å². The van der Waals surface area contributed by atoms with E-state index in [2.05, 4.69) is 10.3 Å². The lowest BCUT2D eigenvalue weighted by Crippen LogP contribution is -2.41. The highest BCUT2D eigenvalue weighted by Crippen LogP contribution is 2.24. The third-order valence-electron chi connectivity index (χ3n) is 2.06. The summed E-state index contributed by atoms with van der Waals surface area (Å²) in [5, 5.41) is 0. The van der Waals surface area contributed by atoms with Crippen LogP contribution in [0, 0.1) is 5.92 Å². The molecule has 0 atom stereocenters. The molecule has 1 saturated carbocycles. The SMILES string of the molecule is O=C(ONNCC1CCC1)C(F)(F)F. The second-order valence-electron chi connectivity index (χ2n) is 3.17. The second-order valence-corrected chi connectivity index (χ2v) is 3.17. The van der Waals surface area contributed by atoms with Crippen molar-refractivity contribution in [2.75, 3.05) is 6.54 Å². The molecule has 0 unspecified atom stereocenters.